The van der Waals surface area contributed by atoms with E-state index in [0.717, 1.165) is 13.1 Å². The van der Waals surface area contributed by atoms with Gasteiger partial charge < -0.3 is 9.47 Å². The van der Waals surface area contributed by atoms with Crippen LogP contribution in [0, 0.1) is 0 Å². The first kappa shape index (κ1) is 9.48. The van der Waals surface area contributed by atoms with Gasteiger partial charge in [-0.2, -0.15) is 0 Å². The molecule has 1 heterocycles. The van der Waals surface area contributed by atoms with Crippen LogP contribution in [0.1, 0.15) is 6.92 Å². The van der Waals surface area contributed by atoms with E-state index in [1.54, 1.807) is 0 Å². The van der Waals surface area contributed by atoms with Crippen molar-refractivity contribution < 1.29 is 14.3 Å². The Balaban J connectivity index is 2.52. The topological polar surface area (TPSA) is 38.8 Å². The van der Waals surface area contributed by atoms with Crippen LogP contribution in [0.5, 0.6) is 0 Å². The first-order valence-electron chi connectivity index (χ1n) is 4.19. The van der Waals surface area contributed by atoms with Crippen molar-refractivity contribution in [3.63, 3.8) is 0 Å². The van der Waals surface area contributed by atoms with Gasteiger partial charge in [0.15, 0.2) is 0 Å². The molecule has 12 heavy (non-hydrogen) atoms. The Morgan fingerprint density at radius 2 is 2.50 bits per heavy atom. The number of likely N-dealkylation sites (N-methyl/N-ethyl adjacent to an activating group) is 1. The van der Waals surface area contributed by atoms with E-state index in [2.05, 4.69) is 9.64 Å². The molecule has 0 aromatic carbocycles. The van der Waals surface area contributed by atoms with Crippen LogP contribution in [0.4, 0.5) is 0 Å². The Morgan fingerprint density at radius 3 is 3.08 bits per heavy atom. The summed E-state index contributed by atoms with van der Waals surface area (Å²) in [6.45, 7) is 4.88. The molecule has 0 radical (unpaired) electrons. The number of hydrogen-bond acceptors (Lipinski definition) is 4. The lowest BCUT2D eigenvalue weighted by molar-refractivity contribution is -0.153. The largest absolute Gasteiger partial charge is 0.468 e. The fourth-order valence-corrected chi connectivity index (χ4v) is 1.37. The highest BCUT2D eigenvalue weighted by molar-refractivity contribution is 5.75. The smallest absolute Gasteiger partial charge is 0.325 e. The van der Waals surface area contributed by atoms with Gasteiger partial charge in [-0.15, -0.1) is 0 Å². The average molecular weight is 173 g/mol. The summed E-state index contributed by atoms with van der Waals surface area (Å²) in [6, 6.07) is -0.200. The minimum absolute atomic E-state index is 0.198. The Morgan fingerprint density at radius 1 is 1.75 bits per heavy atom. The second kappa shape index (κ2) is 4.42. The molecule has 0 spiro atoms. The molecule has 0 saturated carbocycles. The molecule has 1 aliphatic rings. The summed E-state index contributed by atoms with van der Waals surface area (Å²) in [6.07, 6.45) is 0. The molecule has 0 aromatic rings. The molecule has 4 heteroatoms. The van der Waals surface area contributed by atoms with E-state index in [1.165, 1.54) is 7.11 Å². The van der Waals surface area contributed by atoms with Crippen molar-refractivity contribution in [1.82, 2.24) is 4.90 Å². The molecule has 0 aromatic heterocycles. The van der Waals surface area contributed by atoms with E-state index < -0.39 is 0 Å². The molecular formula is C8H15NO3. The maximum atomic E-state index is 11.2. The van der Waals surface area contributed by atoms with Gasteiger partial charge in [-0.3, -0.25) is 9.69 Å². The molecule has 0 bridgehead atoms. The van der Waals surface area contributed by atoms with Gasteiger partial charge >= 0.3 is 5.97 Å². The Hall–Kier alpha value is -0.610. The normalized spacial score (nSPS) is 25.3. The molecule has 1 rings (SSSR count). The minimum Gasteiger partial charge on any atom is -0.468 e. The second-order valence-electron chi connectivity index (χ2n) is 2.74. The zero-order valence-electron chi connectivity index (χ0n) is 7.58. The van der Waals surface area contributed by atoms with Gasteiger partial charge in [0, 0.05) is 6.54 Å². The highest BCUT2D eigenvalue weighted by atomic mass is 16.5. The minimum atomic E-state index is -0.200. The van der Waals surface area contributed by atoms with Crippen LogP contribution >= 0.6 is 0 Å². The third-order valence-electron chi connectivity index (χ3n) is 2.12. The Labute approximate surface area is 72.4 Å². The highest BCUT2D eigenvalue weighted by Gasteiger charge is 2.28. The highest BCUT2D eigenvalue weighted by Crippen LogP contribution is 2.07. The molecule has 1 atom stereocenters. The van der Waals surface area contributed by atoms with E-state index in [0.29, 0.717) is 13.2 Å². The molecule has 0 aliphatic carbocycles. The van der Waals surface area contributed by atoms with Gasteiger partial charge in [0.05, 0.1) is 20.3 Å². The number of morpholine rings is 1. The zero-order valence-corrected chi connectivity index (χ0v) is 7.58. The van der Waals surface area contributed by atoms with E-state index in [-0.39, 0.29) is 12.0 Å². The summed E-state index contributed by atoms with van der Waals surface area (Å²) in [5.41, 5.74) is 0. The van der Waals surface area contributed by atoms with Gasteiger partial charge in [-0.25, -0.2) is 0 Å². The maximum Gasteiger partial charge on any atom is 0.325 e. The standard InChI is InChI=1S/C8H15NO3/c1-3-9-4-5-12-6-7(9)8(10)11-2/h7H,3-6H2,1-2H3/t7-/m0/s1. The number of nitrogens with zero attached hydrogens (tertiary/aromatic N) is 1. The molecule has 1 fully saturated rings. The van der Waals surface area contributed by atoms with Crippen molar-refractivity contribution in [2.45, 2.75) is 13.0 Å². The predicted molar refractivity (Wildman–Crippen MR) is 43.9 cm³/mol. The third kappa shape index (κ3) is 1.95. The maximum absolute atomic E-state index is 11.2. The third-order valence-corrected chi connectivity index (χ3v) is 2.12. The lowest BCUT2D eigenvalue weighted by Crippen LogP contribution is -2.50. The van der Waals surface area contributed by atoms with Crippen molar-refractivity contribution in [1.29, 1.82) is 0 Å². The van der Waals surface area contributed by atoms with Crippen molar-refractivity contribution in [2.24, 2.45) is 0 Å². The molecule has 70 valence electrons. The number of esters is 1. The van der Waals surface area contributed by atoms with E-state index in [1.807, 2.05) is 6.92 Å². The summed E-state index contributed by atoms with van der Waals surface area (Å²) in [5.74, 6) is -0.198. The predicted octanol–water partition coefficient (Wildman–Crippen LogP) is -0.120. The quantitative estimate of drug-likeness (QED) is 0.546. The molecule has 1 saturated heterocycles. The van der Waals surface area contributed by atoms with E-state index in [4.69, 9.17) is 4.74 Å². The van der Waals surface area contributed by atoms with Crippen LogP contribution < -0.4 is 0 Å². The van der Waals surface area contributed by atoms with Crippen molar-refractivity contribution in [3.05, 3.63) is 0 Å². The van der Waals surface area contributed by atoms with Crippen molar-refractivity contribution in [3.8, 4) is 0 Å². The Bertz CT molecular complexity index is 160. The van der Waals surface area contributed by atoms with Crippen molar-refractivity contribution in [2.75, 3.05) is 33.4 Å². The summed E-state index contributed by atoms with van der Waals surface area (Å²) in [5, 5.41) is 0. The summed E-state index contributed by atoms with van der Waals surface area (Å²) in [4.78, 5) is 13.3. The first-order chi connectivity index (χ1) is 5.79. The average Bonchev–Trinajstić information content (AvgIpc) is 2.16. The lowest BCUT2D eigenvalue weighted by atomic mass is 10.2. The van der Waals surface area contributed by atoms with Gasteiger partial charge in [-0.1, -0.05) is 6.92 Å². The van der Waals surface area contributed by atoms with Crippen LogP contribution in [0.3, 0.4) is 0 Å². The number of rotatable bonds is 2. The fourth-order valence-electron chi connectivity index (χ4n) is 1.37. The molecule has 0 unspecified atom stereocenters. The lowest BCUT2D eigenvalue weighted by Gasteiger charge is -2.32. The molecular weight excluding hydrogens is 158 g/mol. The van der Waals surface area contributed by atoms with Crippen LogP contribution in [0.15, 0.2) is 0 Å². The second-order valence-corrected chi connectivity index (χ2v) is 2.74. The number of carbonyl (C=O) groups is 1. The van der Waals surface area contributed by atoms with E-state index in [9.17, 15) is 4.79 Å². The number of hydrogen-bond donors (Lipinski definition) is 0. The van der Waals surface area contributed by atoms with Crippen LogP contribution in [-0.2, 0) is 14.3 Å². The van der Waals surface area contributed by atoms with Gasteiger partial charge in [0.1, 0.15) is 6.04 Å². The fraction of sp³-hybridized carbons (Fsp3) is 0.875. The van der Waals surface area contributed by atoms with Gasteiger partial charge in [0.25, 0.3) is 0 Å². The summed E-state index contributed by atoms with van der Waals surface area (Å²) >= 11 is 0. The summed E-state index contributed by atoms with van der Waals surface area (Å²) in [7, 11) is 1.41. The van der Waals surface area contributed by atoms with Gasteiger partial charge in [-0.05, 0) is 6.54 Å². The molecule has 1 aliphatic heterocycles. The van der Waals surface area contributed by atoms with E-state index >= 15 is 0 Å². The van der Waals surface area contributed by atoms with Crippen LogP contribution in [-0.4, -0.2) is 50.3 Å². The number of methoxy groups -OCH3 is 1. The Kier molecular flexibility index (Phi) is 3.49. The zero-order chi connectivity index (χ0) is 8.97. The SMILES string of the molecule is CCN1CCOC[C@H]1C(=O)OC. The molecule has 0 N–H and O–H groups in total. The number of ether oxygens (including phenoxy) is 2. The van der Waals surface area contributed by atoms with Gasteiger partial charge in [0.2, 0.25) is 0 Å². The molecule has 0 amide bonds. The summed E-state index contributed by atoms with van der Waals surface area (Å²) < 4.78 is 9.86. The van der Waals surface area contributed by atoms with Crippen molar-refractivity contribution >= 4 is 5.97 Å². The molecule has 4 nitrogen and oxygen atoms in total. The monoisotopic (exact) mass is 173 g/mol. The number of carbonyl (C=O) groups excluding carboxylic acids is 1. The van der Waals surface area contributed by atoms with Crippen LogP contribution in [0.25, 0.3) is 0 Å². The first-order valence-corrected chi connectivity index (χ1v) is 4.19. The van der Waals surface area contributed by atoms with Crippen LogP contribution in [0.2, 0.25) is 0 Å².